The monoisotopic (exact) mass is 210 g/mol. The van der Waals surface area contributed by atoms with E-state index in [1.807, 2.05) is 6.08 Å². The molecule has 1 aliphatic carbocycles. The van der Waals surface area contributed by atoms with Crippen molar-refractivity contribution in [3.63, 3.8) is 0 Å². The number of carbonyl (C=O) groups is 1. The molecule has 1 saturated heterocycles. The molecule has 1 fully saturated rings. The second-order valence-electron chi connectivity index (χ2n) is 3.67. The van der Waals surface area contributed by atoms with Crippen LogP contribution in [0.25, 0.3) is 0 Å². The molecule has 15 heavy (non-hydrogen) atoms. The first-order valence-corrected chi connectivity index (χ1v) is 5.12. The third-order valence-electron chi connectivity index (χ3n) is 2.67. The highest BCUT2D eigenvalue weighted by Gasteiger charge is 2.40. The summed E-state index contributed by atoms with van der Waals surface area (Å²) in [5.41, 5.74) is 0.841. The fraction of sp³-hybridized carbons (Fsp3) is 0.545. The third-order valence-corrected chi connectivity index (χ3v) is 2.67. The summed E-state index contributed by atoms with van der Waals surface area (Å²) in [6.45, 7) is 1.16. The average molecular weight is 210 g/mol. The smallest absolute Gasteiger partial charge is 0.328 e. The van der Waals surface area contributed by atoms with Gasteiger partial charge in [-0.05, 0) is 18.9 Å². The summed E-state index contributed by atoms with van der Waals surface area (Å²) >= 11 is 0. The minimum absolute atomic E-state index is 0.582. The Morgan fingerprint density at radius 1 is 1.47 bits per heavy atom. The molecule has 0 amide bonds. The van der Waals surface area contributed by atoms with Crippen molar-refractivity contribution in [2.45, 2.75) is 25.0 Å². The Morgan fingerprint density at radius 3 is 2.87 bits per heavy atom. The SMILES string of the molecule is O=C(O)C=CC1=CCCCC12OCCO2. The molecular weight excluding hydrogens is 196 g/mol. The maximum absolute atomic E-state index is 10.4. The number of hydrogen-bond acceptors (Lipinski definition) is 3. The summed E-state index contributed by atoms with van der Waals surface area (Å²) in [6, 6.07) is 0. The Hall–Kier alpha value is -1.13. The topological polar surface area (TPSA) is 55.8 Å². The molecule has 2 aliphatic rings. The van der Waals surface area contributed by atoms with Gasteiger partial charge < -0.3 is 14.6 Å². The van der Waals surface area contributed by atoms with Gasteiger partial charge in [0.2, 0.25) is 0 Å². The lowest BCUT2D eigenvalue weighted by Crippen LogP contribution is -2.33. The zero-order valence-corrected chi connectivity index (χ0v) is 8.44. The second kappa shape index (κ2) is 4.16. The lowest BCUT2D eigenvalue weighted by molar-refractivity contribution is -0.132. The van der Waals surface area contributed by atoms with E-state index in [0.717, 1.165) is 30.9 Å². The number of ether oxygens (including phenoxy) is 2. The standard InChI is InChI=1S/C11H14O4/c12-10(13)5-4-9-3-1-2-6-11(9)14-7-8-15-11/h3-5H,1-2,6-8H2,(H,12,13). The van der Waals surface area contributed by atoms with E-state index in [2.05, 4.69) is 0 Å². The highest BCUT2D eigenvalue weighted by atomic mass is 16.7. The molecule has 4 heteroatoms. The molecule has 0 bridgehead atoms. The van der Waals surface area contributed by atoms with Crippen LogP contribution in [0.15, 0.2) is 23.8 Å². The summed E-state index contributed by atoms with van der Waals surface area (Å²) in [4.78, 5) is 10.4. The zero-order chi connectivity index (χ0) is 10.7. The van der Waals surface area contributed by atoms with Crippen LogP contribution in [0.4, 0.5) is 0 Å². The van der Waals surface area contributed by atoms with Crippen molar-refractivity contribution in [1.82, 2.24) is 0 Å². The van der Waals surface area contributed by atoms with Crippen LogP contribution >= 0.6 is 0 Å². The Kier molecular flexibility index (Phi) is 2.88. The number of hydrogen-bond donors (Lipinski definition) is 1. The van der Waals surface area contributed by atoms with Crippen molar-refractivity contribution >= 4 is 5.97 Å². The van der Waals surface area contributed by atoms with E-state index in [1.165, 1.54) is 0 Å². The van der Waals surface area contributed by atoms with Gasteiger partial charge in [0.15, 0.2) is 5.79 Å². The molecule has 0 aromatic heterocycles. The largest absolute Gasteiger partial charge is 0.478 e. The maximum Gasteiger partial charge on any atom is 0.328 e. The highest BCUT2D eigenvalue weighted by Crippen LogP contribution is 2.37. The molecule has 1 spiro atoms. The van der Waals surface area contributed by atoms with E-state index < -0.39 is 11.8 Å². The van der Waals surface area contributed by atoms with Crippen LogP contribution in [0.5, 0.6) is 0 Å². The number of carboxylic acids is 1. The van der Waals surface area contributed by atoms with Crippen LogP contribution < -0.4 is 0 Å². The Morgan fingerprint density at radius 2 is 2.20 bits per heavy atom. The molecule has 0 aromatic rings. The molecule has 2 rings (SSSR count). The first kappa shape index (κ1) is 10.4. The molecule has 0 aromatic carbocycles. The van der Waals surface area contributed by atoms with Crippen molar-refractivity contribution in [3.8, 4) is 0 Å². The van der Waals surface area contributed by atoms with Gasteiger partial charge in [-0.15, -0.1) is 0 Å². The fourth-order valence-electron chi connectivity index (χ4n) is 2.01. The van der Waals surface area contributed by atoms with Crippen LogP contribution in [0, 0.1) is 0 Å². The van der Waals surface area contributed by atoms with E-state index in [4.69, 9.17) is 14.6 Å². The van der Waals surface area contributed by atoms with Gasteiger partial charge >= 0.3 is 5.97 Å². The fourth-order valence-corrected chi connectivity index (χ4v) is 2.01. The summed E-state index contributed by atoms with van der Waals surface area (Å²) in [5.74, 6) is -1.61. The van der Waals surface area contributed by atoms with Crippen LogP contribution in [0.3, 0.4) is 0 Å². The van der Waals surface area contributed by atoms with E-state index in [0.29, 0.717) is 13.2 Å². The highest BCUT2D eigenvalue weighted by molar-refractivity contribution is 5.80. The van der Waals surface area contributed by atoms with Gasteiger partial charge in [0.1, 0.15) is 0 Å². The molecule has 0 radical (unpaired) electrons. The van der Waals surface area contributed by atoms with Gasteiger partial charge in [-0.2, -0.15) is 0 Å². The van der Waals surface area contributed by atoms with Crippen molar-refractivity contribution in [2.24, 2.45) is 0 Å². The zero-order valence-electron chi connectivity index (χ0n) is 8.44. The van der Waals surface area contributed by atoms with Crippen molar-refractivity contribution in [3.05, 3.63) is 23.8 Å². The molecule has 1 heterocycles. The maximum atomic E-state index is 10.4. The van der Waals surface area contributed by atoms with E-state index in [-0.39, 0.29) is 0 Å². The second-order valence-corrected chi connectivity index (χ2v) is 3.67. The predicted octanol–water partition coefficient (Wildman–Crippen LogP) is 1.48. The Balaban J connectivity index is 2.19. The first-order chi connectivity index (χ1) is 7.23. The summed E-state index contributed by atoms with van der Waals surface area (Å²) in [7, 11) is 0. The summed E-state index contributed by atoms with van der Waals surface area (Å²) in [5, 5.41) is 8.58. The van der Waals surface area contributed by atoms with Gasteiger partial charge in [0.05, 0.1) is 13.2 Å². The third kappa shape index (κ3) is 2.11. The molecule has 0 atom stereocenters. The van der Waals surface area contributed by atoms with Gasteiger partial charge in [0, 0.05) is 18.1 Å². The van der Waals surface area contributed by atoms with Crippen molar-refractivity contribution in [1.29, 1.82) is 0 Å². The Labute approximate surface area is 88.2 Å². The lowest BCUT2D eigenvalue weighted by atomic mass is 9.92. The molecule has 0 saturated carbocycles. The van der Waals surface area contributed by atoms with Crippen LogP contribution in [-0.2, 0) is 14.3 Å². The molecule has 1 N–H and O–H groups in total. The van der Waals surface area contributed by atoms with Crippen LogP contribution in [0.2, 0.25) is 0 Å². The van der Waals surface area contributed by atoms with Crippen LogP contribution in [0.1, 0.15) is 19.3 Å². The summed E-state index contributed by atoms with van der Waals surface area (Å²) in [6.07, 6.45) is 7.48. The predicted molar refractivity (Wildman–Crippen MR) is 53.3 cm³/mol. The number of allylic oxidation sites excluding steroid dienone is 1. The normalized spacial score (nSPS) is 24.7. The Bertz CT molecular complexity index is 311. The van der Waals surface area contributed by atoms with E-state index in [9.17, 15) is 4.79 Å². The van der Waals surface area contributed by atoms with Gasteiger partial charge in [-0.1, -0.05) is 6.08 Å². The first-order valence-electron chi connectivity index (χ1n) is 5.12. The molecule has 1 aliphatic heterocycles. The van der Waals surface area contributed by atoms with E-state index in [1.54, 1.807) is 6.08 Å². The number of rotatable bonds is 2. The minimum atomic E-state index is -0.949. The lowest BCUT2D eigenvalue weighted by Gasteiger charge is -2.31. The van der Waals surface area contributed by atoms with Gasteiger partial charge in [0.25, 0.3) is 0 Å². The van der Waals surface area contributed by atoms with Gasteiger partial charge in [-0.25, -0.2) is 4.79 Å². The minimum Gasteiger partial charge on any atom is -0.478 e. The number of carboxylic acid groups (broad SMARTS) is 1. The summed E-state index contributed by atoms with van der Waals surface area (Å²) < 4.78 is 11.2. The van der Waals surface area contributed by atoms with Crippen molar-refractivity contribution < 1.29 is 19.4 Å². The molecular formula is C11H14O4. The van der Waals surface area contributed by atoms with Crippen molar-refractivity contribution in [2.75, 3.05) is 13.2 Å². The molecule has 0 unspecified atom stereocenters. The molecule has 82 valence electrons. The molecule has 4 nitrogen and oxygen atoms in total. The average Bonchev–Trinajstić information content (AvgIpc) is 2.66. The number of aliphatic carboxylic acids is 1. The van der Waals surface area contributed by atoms with Crippen LogP contribution in [-0.4, -0.2) is 30.1 Å². The van der Waals surface area contributed by atoms with E-state index >= 15 is 0 Å². The quantitative estimate of drug-likeness (QED) is 0.701. The van der Waals surface area contributed by atoms with Gasteiger partial charge in [-0.3, -0.25) is 0 Å².